The molecule has 1 unspecified atom stereocenters. The van der Waals surface area contributed by atoms with E-state index in [2.05, 4.69) is 25.1 Å². The molecule has 2 aromatic heterocycles. The zero-order valence-electron chi connectivity index (χ0n) is 8.63. The molecule has 1 aliphatic rings. The van der Waals surface area contributed by atoms with Crippen LogP contribution in [0, 0.1) is 0 Å². The van der Waals surface area contributed by atoms with E-state index in [4.69, 9.17) is 5.73 Å². The van der Waals surface area contributed by atoms with E-state index in [1.54, 1.807) is 16.8 Å². The minimum atomic E-state index is 0.237. The maximum Gasteiger partial charge on any atom is 0.245 e. The van der Waals surface area contributed by atoms with Crippen molar-refractivity contribution in [2.45, 2.75) is 12.5 Å². The number of hydrogen-bond acceptors (Lipinski definition) is 6. The van der Waals surface area contributed by atoms with E-state index >= 15 is 0 Å². The van der Waals surface area contributed by atoms with Crippen LogP contribution in [-0.2, 0) is 0 Å². The van der Waals surface area contributed by atoms with Gasteiger partial charge in [0.15, 0.2) is 5.82 Å². The first-order chi connectivity index (χ1) is 7.83. The Labute approximate surface area is 96.5 Å². The fraction of sp³-hybridized carbons (Fsp3) is 0.444. The predicted molar refractivity (Wildman–Crippen MR) is 62.3 cm³/mol. The van der Waals surface area contributed by atoms with Crippen LogP contribution in [0.4, 0.5) is 5.95 Å². The fourth-order valence-electron chi connectivity index (χ4n) is 1.81. The maximum atomic E-state index is 5.85. The molecule has 84 valence electrons. The lowest BCUT2D eigenvalue weighted by molar-refractivity contribution is 0.750. The molecule has 1 saturated heterocycles. The number of nitrogens with two attached hydrogens (primary N) is 1. The second-order valence-corrected chi connectivity index (χ2v) is 4.57. The normalized spacial score (nSPS) is 20.6. The second kappa shape index (κ2) is 3.84. The van der Waals surface area contributed by atoms with E-state index in [0.717, 1.165) is 37.0 Å². The molecular formula is C9H12N6S. The van der Waals surface area contributed by atoms with Gasteiger partial charge in [-0.15, -0.1) is 16.4 Å². The smallest absolute Gasteiger partial charge is 0.245 e. The molecule has 1 atom stereocenters. The first-order valence-electron chi connectivity index (χ1n) is 5.14. The molecule has 1 fully saturated rings. The summed E-state index contributed by atoms with van der Waals surface area (Å²) in [5.74, 6) is 1.44. The maximum absolute atomic E-state index is 5.85. The average molecular weight is 236 g/mol. The number of aromatic amines is 1. The Bertz CT molecular complexity index is 464. The van der Waals surface area contributed by atoms with Crippen molar-refractivity contribution in [3.8, 4) is 11.5 Å². The van der Waals surface area contributed by atoms with Crippen molar-refractivity contribution >= 4 is 17.3 Å². The number of anilines is 1. The van der Waals surface area contributed by atoms with Crippen molar-refractivity contribution < 1.29 is 0 Å². The highest BCUT2D eigenvalue weighted by Crippen LogP contribution is 2.19. The van der Waals surface area contributed by atoms with Gasteiger partial charge in [-0.05, 0) is 6.42 Å². The second-order valence-electron chi connectivity index (χ2n) is 3.85. The van der Waals surface area contributed by atoms with Crippen LogP contribution in [0.2, 0.25) is 0 Å². The van der Waals surface area contributed by atoms with E-state index < -0.39 is 0 Å². The summed E-state index contributed by atoms with van der Waals surface area (Å²) in [5.41, 5.74) is 8.47. The summed E-state index contributed by atoms with van der Waals surface area (Å²) in [6.07, 6.45) is 1.00. The van der Waals surface area contributed by atoms with E-state index in [0.29, 0.717) is 0 Å². The van der Waals surface area contributed by atoms with Crippen LogP contribution in [0.15, 0.2) is 10.9 Å². The molecule has 0 aromatic carbocycles. The van der Waals surface area contributed by atoms with Crippen LogP contribution < -0.4 is 10.6 Å². The summed E-state index contributed by atoms with van der Waals surface area (Å²) in [5, 5.41) is 9.03. The highest BCUT2D eigenvalue weighted by molar-refractivity contribution is 7.07. The SMILES string of the molecule is NC1CCN(c2n[nH]c(-c3cscn3)n2)C1. The lowest BCUT2D eigenvalue weighted by Crippen LogP contribution is -2.26. The van der Waals surface area contributed by atoms with Gasteiger partial charge in [-0.1, -0.05) is 0 Å². The number of aromatic nitrogens is 4. The third kappa shape index (κ3) is 1.68. The van der Waals surface area contributed by atoms with Gasteiger partial charge in [0.05, 0.1) is 5.51 Å². The lowest BCUT2D eigenvalue weighted by Gasteiger charge is -2.11. The molecule has 3 N–H and O–H groups in total. The Morgan fingerprint density at radius 1 is 1.56 bits per heavy atom. The summed E-state index contributed by atoms with van der Waals surface area (Å²) in [7, 11) is 0. The van der Waals surface area contributed by atoms with Gasteiger partial charge in [-0.3, -0.25) is 5.10 Å². The van der Waals surface area contributed by atoms with Gasteiger partial charge in [0.2, 0.25) is 5.95 Å². The Morgan fingerprint density at radius 3 is 3.19 bits per heavy atom. The minimum Gasteiger partial charge on any atom is -0.338 e. The third-order valence-corrected chi connectivity index (χ3v) is 3.24. The molecule has 7 heteroatoms. The van der Waals surface area contributed by atoms with Crippen molar-refractivity contribution in [2.24, 2.45) is 5.73 Å². The predicted octanol–water partition coefficient (Wildman–Crippen LogP) is 0.466. The molecule has 16 heavy (non-hydrogen) atoms. The largest absolute Gasteiger partial charge is 0.338 e. The molecule has 0 spiro atoms. The van der Waals surface area contributed by atoms with Crippen LogP contribution in [0.25, 0.3) is 11.5 Å². The van der Waals surface area contributed by atoms with Crippen molar-refractivity contribution in [3.63, 3.8) is 0 Å². The summed E-state index contributed by atoms with van der Waals surface area (Å²) in [4.78, 5) is 10.7. The van der Waals surface area contributed by atoms with E-state index in [9.17, 15) is 0 Å². The van der Waals surface area contributed by atoms with Crippen molar-refractivity contribution in [2.75, 3.05) is 18.0 Å². The van der Waals surface area contributed by atoms with Gasteiger partial charge in [-0.2, -0.15) is 4.98 Å². The van der Waals surface area contributed by atoms with Gasteiger partial charge in [0, 0.05) is 24.5 Å². The zero-order valence-corrected chi connectivity index (χ0v) is 9.44. The first kappa shape index (κ1) is 9.73. The Morgan fingerprint density at radius 2 is 2.50 bits per heavy atom. The van der Waals surface area contributed by atoms with E-state index in [-0.39, 0.29) is 6.04 Å². The molecule has 3 heterocycles. The molecule has 0 amide bonds. The number of nitrogens with one attached hydrogen (secondary N) is 1. The van der Waals surface area contributed by atoms with Gasteiger partial charge in [-0.25, -0.2) is 4.98 Å². The summed E-state index contributed by atoms with van der Waals surface area (Å²) in [6, 6.07) is 0.237. The minimum absolute atomic E-state index is 0.237. The third-order valence-electron chi connectivity index (χ3n) is 2.66. The fourth-order valence-corrected chi connectivity index (χ4v) is 2.34. The molecule has 2 aromatic rings. The van der Waals surface area contributed by atoms with Crippen LogP contribution in [0.1, 0.15) is 6.42 Å². The van der Waals surface area contributed by atoms with Crippen LogP contribution in [0.5, 0.6) is 0 Å². The molecule has 0 radical (unpaired) electrons. The number of H-pyrrole nitrogens is 1. The van der Waals surface area contributed by atoms with Gasteiger partial charge in [0.1, 0.15) is 5.69 Å². The summed E-state index contributed by atoms with van der Waals surface area (Å²) < 4.78 is 0. The number of rotatable bonds is 2. The molecule has 6 nitrogen and oxygen atoms in total. The number of hydrogen-bond donors (Lipinski definition) is 2. The Kier molecular flexibility index (Phi) is 2.33. The summed E-state index contributed by atoms with van der Waals surface area (Å²) >= 11 is 1.54. The molecule has 0 aliphatic carbocycles. The van der Waals surface area contributed by atoms with E-state index in [1.807, 2.05) is 5.38 Å². The van der Waals surface area contributed by atoms with Crippen LogP contribution in [0.3, 0.4) is 0 Å². The first-order valence-corrected chi connectivity index (χ1v) is 6.09. The van der Waals surface area contributed by atoms with Crippen molar-refractivity contribution in [3.05, 3.63) is 10.9 Å². The van der Waals surface area contributed by atoms with Crippen molar-refractivity contribution in [1.82, 2.24) is 20.2 Å². The zero-order chi connectivity index (χ0) is 11.0. The standard InChI is InChI=1S/C9H12N6S/c10-6-1-2-15(3-6)9-12-8(13-14-9)7-4-16-5-11-7/h4-6H,1-3,10H2,(H,12,13,14). The lowest BCUT2D eigenvalue weighted by atomic mass is 10.3. The number of nitrogens with zero attached hydrogens (tertiary/aromatic N) is 4. The van der Waals surface area contributed by atoms with Crippen molar-refractivity contribution in [1.29, 1.82) is 0 Å². The molecule has 0 bridgehead atoms. The highest BCUT2D eigenvalue weighted by Gasteiger charge is 2.22. The molecule has 1 aliphatic heterocycles. The van der Waals surface area contributed by atoms with Crippen LogP contribution >= 0.6 is 11.3 Å². The monoisotopic (exact) mass is 236 g/mol. The van der Waals surface area contributed by atoms with E-state index in [1.165, 1.54) is 0 Å². The highest BCUT2D eigenvalue weighted by atomic mass is 32.1. The molecule has 3 rings (SSSR count). The quantitative estimate of drug-likeness (QED) is 0.791. The number of thiazole rings is 1. The van der Waals surface area contributed by atoms with Gasteiger partial charge >= 0.3 is 0 Å². The van der Waals surface area contributed by atoms with Gasteiger partial charge < -0.3 is 10.6 Å². The molecular weight excluding hydrogens is 224 g/mol. The summed E-state index contributed by atoms with van der Waals surface area (Å²) in [6.45, 7) is 1.75. The van der Waals surface area contributed by atoms with Crippen LogP contribution in [-0.4, -0.2) is 39.3 Å². The van der Waals surface area contributed by atoms with Gasteiger partial charge in [0.25, 0.3) is 0 Å². The molecule has 0 saturated carbocycles. The average Bonchev–Trinajstić information content (AvgIpc) is 2.97. The topological polar surface area (TPSA) is 83.7 Å². The Hall–Kier alpha value is -1.47. The Balaban J connectivity index is 1.83.